The van der Waals surface area contributed by atoms with Gasteiger partial charge in [-0.05, 0) is 28.1 Å². The fourth-order valence-corrected chi connectivity index (χ4v) is 2.30. The Morgan fingerprint density at radius 3 is 2.71 bits per heavy atom. The maximum absolute atomic E-state index is 8.87. The van der Waals surface area contributed by atoms with Gasteiger partial charge in [0, 0.05) is 11.4 Å². The maximum Gasteiger partial charge on any atom is 0.279 e. The van der Waals surface area contributed by atoms with Crippen LogP contribution in [-0.2, 0) is 0 Å². The van der Waals surface area contributed by atoms with Crippen LogP contribution in [0.2, 0.25) is 0 Å². The third-order valence-electron chi connectivity index (χ3n) is 1.91. The molecule has 0 bridgehead atoms. The summed E-state index contributed by atoms with van der Waals surface area (Å²) in [7, 11) is 1.54. The lowest BCUT2D eigenvalue weighted by Gasteiger charge is -2.05. The van der Waals surface area contributed by atoms with Gasteiger partial charge in [0.25, 0.3) is 5.19 Å². The van der Waals surface area contributed by atoms with Crippen LogP contribution in [0.1, 0.15) is 5.56 Å². The molecule has 1 heterocycles. The topological polar surface area (TPSA) is 55.1 Å². The van der Waals surface area contributed by atoms with Crippen LogP contribution < -0.4 is 9.47 Å². The third kappa shape index (κ3) is 2.96. The van der Waals surface area contributed by atoms with Gasteiger partial charge in [-0.15, -0.1) is 0 Å². The van der Waals surface area contributed by atoms with Crippen LogP contribution in [-0.4, -0.2) is 12.1 Å². The molecule has 0 aliphatic rings. The van der Waals surface area contributed by atoms with Crippen molar-refractivity contribution in [3.8, 4) is 22.8 Å². The van der Waals surface area contributed by atoms with Crippen molar-refractivity contribution in [2.45, 2.75) is 0 Å². The molecule has 2 aromatic rings. The number of methoxy groups -OCH3 is 1. The molecule has 0 N–H and O–H groups in total. The Balaban J connectivity index is 2.29. The van der Waals surface area contributed by atoms with Crippen molar-refractivity contribution in [1.29, 1.82) is 5.26 Å². The van der Waals surface area contributed by atoms with E-state index in [1.54, 1.807) is 25.3 Å². The number of hydrogen-bond donors (Lipinski definition) is 0. The minimum atomic E-state index is 0.481. The zero-order valence-electron chi connectivity index (χ0n) is 8.81. The van der Waals surface area contributed by atoms with Crippen LogP contribution in [0.25, 0.3) is 0 Å². The number of benzene rings is 1. The average molecular weight is 311 g/mol. The summed E-state index contributed by atoms with van der Waals surface area (Å²) < 4.78 is 11.3. The number of hydrogen-bond acceptors (Lipinski definition) is 5. The van der Waals surface area contributed by atoms with Gasteiger partial charge >= 0.3 is 0 Å². The second kappa shape index (κ2) is 5.17. The van der Waals surface area contributed by atoms with Crippen LogP contribution >= 0.6 is 27.3 Å². The van der Waals surface area contributed by atoms with Gasteiger partial charge in [-0.3, -0.25) is 0 Å². The molecule has 0 aliphatic heterocycles. The van der Waals surface area contributed by atoms with Gasteiger partial charge in [0.05, 0.1) is 18.7 Å². The van der Waals surface area contributed by atoms with Crippen molar-refractivity contribution in [1.82, 2.24) is 4.98 Å². The van der Waals surface area contributed by atoms with E-state index in [9.17, 15) is 0 Å². The molecule has 0 saturated heterocycles. The smallest absolute Gasteiger partial charge is 0.279 e. The maximum atomic E-state index is 8.87. The van der Waals surface area contributed by atoms with Crippen LogP contribution in [0.3, 0.4) is 0 Å². The Labute approximate surface area is 111 Å². The summed E-state index contributed by atoms with van der Waals surface area (Å²) in [5.74, 6) is 1.11. The summed E-state index contributed by atoms with van der Waals surface area (Å²) in [6.45, 7) is 0. The van der Waals surface area contributed by atoms with E-state index in [1.807, 2.05) is 11.4 Å². The number of thiazole rings is 1. The largest absolute Gasteiger partial charge is 0.497 e. The summed E-state index contributed by atoms with van der Waals surface area (Å²) >= 11 is 4.61. The molecule has 0 saturated carbocycles. The molecular formula is C11H7BrN2O2S. The van der Waals surface area contributed by atoms with E-state index in [1.165, 1.54) is 11.3 Å². The Kier molecular flexibility index (Phi) is 3.61. The highest BCUT2D eigenvalue weighted by atomic mass is 79.9. The van der Waals surface area contributed by atoms with Crippen LogP contribution in [0.5, 0.6) is 16.7 Å². The molecule has 1 aromatic heterocycles. The molecule has 0 atom stereocenters. The van der Waals surface area contributed by atoms with Gasteiger partial charge in [-0.2, -0.15) is 10.2 Å². The van der Waals surface area contributed by atoms with Gasteiger partial charge in [0.2, 0.25) is 0 Å². The lowest BCUT2D eigenvalue weighted by atomic mass is 10.2. The van der Waals surface area contributed by atoms with Crippen molar-refractivity contribution in [3.05, 3.63) is 33.7 Å². The van der Waals surface area contributed by atoms with Crippen LogP contribution in [0, 0.1) is 11.3 Å². The van der Waals surface area contributed by atoms with E-state index >= 15 is 0 Å². The summed E-state index contributed by atoms with van der Waals surface area (Å²) in [6, 6.07) is 7.03. The van der Waals surface area contributed by atoms with Crippen LogP contribution in [0.4, 0.5) is 0 Å². The average Bonchev–Trinajstić information content (AvgIpc) is 2.74. The van der Waals surface area contributed by atoms with Crippen molar-refractivity contribution in [3.63, 3.8) is 0 Å². The molecule has 0 unspecified atom stereocenters. The summed E-state index contributed by atoms with van der Waals surface area (Å²) in [5.41, 5.74) is 0.481. The molecule has 17 heavy (non-hydrogen) atoms. The predicted molar refractivity (Wildman–Crippen MR) is 67.6 cm³/mol. The minimum absolute atomic E-state index is 0.481. The monoisotopic (exact) mass is 310 g/mol. The molecule has 0 fully saturated rings. The number of rotatable bonds is 3. The van der Waals surface area contributed by atoms with Gasteiger partial charge in [-0.25, -0.2) is 0 Å². The van der Waals surface area contributed by atoms with Crippen molar-refractivity contribution in [2.24, 2.45) is 0 Å². The molecule has 4 nitrogen and oxygen atoms in total. The predicted octanol–water partition coefficient (Wildman–Crippen LogP) is 3.58. The number of aromatic nitrogens is 1. The Bertz CT molecular complexity index is 577. The zero-order valence-corrected chi connectivity index (χ0v) is 11.2. The Morgan fingerprint density at radius 2 is 2.12 bits per heavy atom. The second-order valence-corrected chi connectivity index (χ2v) is 4.68. The van der Waals surface area contributed by atoms with E-state index in [-0.39, 0.29) is 0 Å². The minimum Gasteiger partial charge on any atom is -0.497 e. The van der Waals surface area contributed by atoms with Crippen LogP contribution in [0.15, 0.2) is 28.2 Å². The second-order valence-electron chi connectivity index (χ2n) is 3.05. The number of nitriles is 1. The summed E-state index contributed by atoms with van der Waals surface area (Å²) in [6.07, 6.45) is 0. The first-order valence-corrected chi connectivity index (χ1v) is 6.26. The van der Waals surface area contributed by atoms with E-state index in [0.29, 0.717) is 22.3 Å². The molecule has 6 heteroatoms. The first kappa shape index (κ1) is 11.9. The van der Waals surface area contributed by atoms with E-state index in [0.717, 1.165) is 4.60 Å². The molecule has 0 amide bonds. The highest BCUT2D eigenvalue weighted by molar-refractivity contribution is 9.10. The quantitative estimate of drug-likeness (QED) is 0.869. The lowest BCUT2D eigenvalue weighted by Crippen LogP contribution is -1.88. The SMILES string of the molecule is COc1cc(C#N)cc(Oc2nc(Br)cs2)c1. The number of halogens is 1. The highest BCUT2D eigenvalue weighted by Gasteiger charge is 2.06. The summed E-state index contributed by atoms with van der Waals surface area (Å²) in [5, 5.41) is 11.2. The third-order valence-corrected chi connectivity index (χ3v) is 3.33. The molecule has 86 valence electrons. The first-order chi connectivity index (χ1) is 8.21. The van der Waals surface area contributed by atoms with Gasteiger partial charge in [-0.1, -0.05) is 11.3 Å². The van der Waals surface area contributed by atoms with Gasteiger partial charge in [0.1, 0.15) is 16.1 Å². The Hall–Kier alpha value is -1.58. The number of ether oxygens (including phenoxy) is 2. The Morgan fingerprint density at radius 1 is 1.35 bits per heavy atom. The van der Waals surface area contributed by atoms with E-state index in [2.05, 4.69) is 20.9 Å². The molecule has 0 spiro atoms. The van der Waals surface area contributed by atoms with Gasteiger partial charge in [0.15, 0.2) is 0 Å². The van der Waals surface area contributed by atoms with Crippen molar-refractivity contribution < 1.29 is 9.47 Å². The highest BCUT2D eigenvalue weighted by Crippen LogP contribution is 2.30. The molecule has 0 aliphatic carbocycles. The zero-order chi connectivity index (χ0) is 12.3. The molecular weight excluding hydrogens is 304 g/mol. The number of nitrogens with zero attached hydrogens (tertiary/aromatic N) is 2. The van der Waals surface area contributed by atoms with Gasteiger partial charge < -0.3 is 9.47 Å². The first-order valence-electron chi connectivity index (χ1n) is 4.59. The van der Waals surface area contributed by atoms with E-state index < -0.39 is 0 Å². The molecule has 0 radical (unpaired) electrons. The lowest BCUT2D eigenvalue weighted by molar-refractivity contribution is 0.408. The standard InChI is InChI=1S/C11H7BrN2O2S/c1-15-8-2-7(5-13)3-9(4-8)16-11-14-10(12)6-17-11/h2-4,6H,1H3. The van der Waals surface area contributed by atoms with Crippen molar-refractivity contribution >= 4 is 27.3 Å². The van der Waals surface area contributed by atoms with Crippen molar-refractivity contribution in [2.75, 3.05) is 7.11 Å². The van der Waals surface area contributed by atoms with E-state index in [4.69, 9.17) is 14.7 Å². The normalized spacial score (nSPS) is 9.71. The molecule has 1 aromatic carbocycles. The fraction of sp³-hybridized carbons (Fsp3) is 0.0909. The molecule has 2 rings (SSSR count). The summed E-state index contributed by atoms with van der Waals surface area (Å²) in [4.78, 5) is 4.11. The fourth-order valence-electron chi connectivity index (χ4n) is 1.20.